The van der Waals surface area contributed by atoms with Gasteiger partial charge in [0.15, 0.2) is 0 Å². The minimum absolute atomic E-state index is 0.217. The van der Waals surface area contributed by atoms with Crippen LogP contribution in [0.25, 0.3) is 0 Å². The summed E-state index contributed by atoms with van der Waals surface area (Å²) in [6, 6.07) is 0. The van der Waals surface area contributed by atoms with E-state index in [1.807, 2.05) is 12.3 Å². The summed E-state index contributed by atoms with van der Waals surface area (Å²) < 4.78 is 0. The van der Waals surface area contributed by atoms with Crippen LogP contribution in [0.4, 0.5) is 0 Å². The lowest BCUT2D eigenvalue weighted by Crippen LogP contribution is -2.24. The Morgan fingerprint density at radius 3 is 2.69 bits per heavy atom. The van der Waals surface area contributed by atoms with Crippen LogP contribution in [-0.2, 0) is 4.84 Å². The van der Waals surface area contributed by atoms with E-state index in [9.17, 15) is 4.79 Å². The number of hydrogen-bond acceptors (Lipinski definition) is 3. The highest BCUT2D eigenvalue weighted by molar-refractivity contribution is 7.13. The predicted molar refractivity (Wildman–Crippen MR) is 53.2 cm³/mol. The van der Waals surface area contributed by atoms with Gasteiger partial charge in [-0.25, -0.2) is 5.06 Å². The Labute approximate surface area is 85.8 Å². The van der Waals surface area contributed by atoms with E-state index in [-0.39, 0.29) is 5.91 Å². The van der Waals surface area contributed by atoms with Crippen molar-refractivity contribution in [1.82, 2.24) is 5.06 Å². The molecule has 0 saturated carbocycles. The molecule has 0 aromatic carbocycles. The number of hydrogen-bond donors (Lipinski definition) is 0. The van der Waals surface area contributed by atoms with Crippen LogP contribution in [-0.4, -0.2) is 25.1 Å². The second-order valence-electron chi connectivity index (χ2n) is 2.55. The Kier molecular flexibility index (Phi) is 3.30. The van der Waals surface area contributed by atoms with Gasteiger partial charge in [-0.1, -0.05) is 11.6 Å². The molecular formula is C8H10ClNO2S. The molecular weight excluding hydrogens is 210 g/mol. The standard InChI is InChI=1S/C8H10ClNO2S/c1-5-4-13-7(6(5)9)8(11)10(2)12-3/h4H,1-3H3. The van der Waals surface area contributed by atoms with Crippen LogP contribution in [0.2, 0.25) is 5.02 Å². The molecule has 0 aliphatic rings. The Morgan fingerprint density at radius 2 is 2.31 bits per heavy atom. The number of aryl methyl sites for hydroxylation is 1. The maximum absolute atomic E-state index is 11.5. The van der Waals surface area contributed by atoms with Crippen LogP contribution in [0.1, 0.15) is 15.2 Å². The third kappa shape index (κ3) is 2.02. The minimum Gasteiger partial charge on any atom is -0.274 e. The van der Waals surface area contributed by atoms with Gasteiger partial charge in [-0.2, -0.15) is 0 Å². The average molecular weight is 220 g/mol. The summed E-state index contributed by atoms with van der Waals surface area (Å²) in [4.78, 5) is 16.8. The zero-order valence-electron chi connectivity index (χ0n) is 7.63. The molecule has 0 bridgehead atoms. The summed E-state index contributed by atoms with van der Waals surface area (Å²) in [7, 11) is 2.99. The first-order valence-corrected chi connectivity index (χ1v) is 4.89. The molecule has 3 nitrogen and oxygen atoms in total. The Hall–Kier alpha value is -0.580. The predicted octanol–water partition coefficient (Wildman–Crippen LogP) is 2.34. The summed E-state index contributed by atoms with van der Waals surface area (Å²) in [5.41, 5.74) is 0.916. The van der Waals surface area contributed by atoms with Crippen molar-refractivity contribution in [3.05, 3.63) is 20.8 Å². The van der Waals surface area contributed by atoms with Crippen molar-refractivity contribution in [3.8, 4) is 0 Å². The van der Waals surface area contributed by atoms with Crippen molar-refractivity contribution in [2.75, 3.05) is 14.2 Å². The van der Waals surface area contributed by atoms with E-state index in [1.54, 1.807) is 7.05 Å². The Balaban J connectivity index is 2.95. The first-order chi connectivity index (χ1) is 6.07. The fourth-order valence-corrected chi connectivity index (χ4v) is 2.04. The van der Waals surface area contributed by atoms with Gasteiger partial charge in [0.1, 0.15) is 4.88 Å². The van der Waals surface area contributed by atoms with Crippen molar-refractivity contribution in [3.63, 3.8) is 0 Å². The summed E-state index contributed by atoms with van der Waals surface area (Å²) in [6.45, 7) is 1.86. The molecule has 0 aliphatic heterocycles. The number of carbonyl (C=O) groups is 1. The molecule has 0 radical (unpaired) electrons. The normalized spacial score (nSPS) is 10.2. The van der Waals surface area contributed by atoms with E-state index >= 15 is 0 Å². The average Bonchev–Trinajstić information content (AvgIpc) is 2.45. The van der Waals surface area contributed by atoms with Gasteiger partial charge in [0.2, 0.25) is 0 Å². The number of rotatable bonds is 2. The molecule has 1 heterocycles. The largest absolute Gasteiger partial charge is 0.288 e. The lowest BCUT2D eigenvalue weighted by atomic mass is 10.3. The number of carbonyl (C=O) groups excluding carboxylic acids is 1. The Bertz CT molecular complexity index is 324. The van der Waals surface area contributed by atoms with Crippen LogP contribution in [0, 0.1) is 6.92 Å². The number of thiophene rings is 1. The van der Waals surface area contributed by atoms with Crippen LogP contribution in [0.3, 0.4) is 0 Å². The first kappa shape index (κ1) is 10.5. The maximum Gasteiger partial charge on any atom is 0.288 e. The SMILES string of the molecule is CON(C)C(=O)c1scc(C)c1Cl. The summed E-state index contributed by atoms with van der Waals surface area (Å²) >= 11 is 7.24. The minimum atomic E-state index is -0.217. The monoisotopic (exact) mass is 219 g/mol. The lowest BCUT2D eigenvalue weighted by Gasteiger charge is -2.12. The van der Waals surface area contributed by atoms with E-state index in [0.29, 0.717) is 9.90 Å². The van der Waals surface area contributed by atoms with Crippen molar-refractivity contribution < 1.29 is 9.63 Å². The molecule has 1 aromatic rings. The molecule has 13 heavy (non-hydrogen) atoms. The van der Waals surface area contributed by atoms with Crippen molar-refractivity contribution in [1.29, 1.82) is 0 Å². The second-order valence-corrected chi connectivity index (χ2v) is 3.80. The van der Waals surface area contributed by atoms with Gasteiger partial charge in [0.25, 0.3) is 5.91 Å². The second kappa shape index (κ2) is 4.09. The Morgan fingerprint density at radius 1 is 1.69 bits per heavy atom. The first-order valence-electron chi connectivity index (χ1n) is 3.63. The number of amides is 1. The molecule has 0 N–H and O–H groups in total. The van der Waals surface area contributed by atoms with Crippen LogP contribution in [0.15, 0.2) is 5.38 Å². The fraction of sp³-hybridized carbons (Fsp3) is 0.375. The number of nitrogens with zero attached hydrogens (tertiary/aromatic N) is 1. The highest BCUT2D eigenvalue weighted by Gasteiger charge is 2.18. The molecule has 5 heteroatoms. The molecule has 0 fully saturated rings. The number of halogens is 1. The molecule has 72 valence electrons. The van der Waals surface area contributed by atoms with Crippen LogP contribution < -0.4 is 0 Å². The van der Waals surface area contributed by atoms with Crippen molar-refractivity contribution in [2.45, 2.75) is 6.92 Å². The smallest absolute Gasteiger partial charge is 0.274 e. The highest BCUT2D eigenvalue weighted by Crippen LogP contribution is 2.27. The van der Waals surface area contributed by atoms with E-state index < -0.39 is 0 Å². The van der Waals surface area contributed by atoms with Gasteiger partial charge in [0, 0.05) is 7.05 Å². The van der Waals surface area contributed by atoms with Gasteiger partial charge in [-0.3, -0.25) is 9.63 Å². The molecule has 1 amide bonds. The van der Waals surface area contributed by atoms with Crippen LogP contribution >= 0.6 is 22.9 Å². The zero-order valence-corrected chi connectivity index (χ0v) is 9.20. The van der Waals surface area contributed by atoms with Gasteiger partial charge >= 0.3 is 0 Å². The van der Waals surface area contributed by atoms with Gasteiger partial charge in [0.05, 0.1) is 12.1 Å². The van der Waals surface area contributed by atoms with E-state index in [0.717, 1.165) is 10.6 Å². The maximum atomic E-state index is 11.5. The van der Waals surface area contributed by atoms with E-state index in [4.69, 9.17) is 16.4 Å². The molecule has 1 rings (SSSR count). The summed E-state index contributed by atoms with van der Waals surface area (Å²) in [5, 5.41) is 3.51. The third-order valence-electron chi connectivity index (χ3n) is 1.65. The third-order valence-corrected chi connectivity index (χ3v) is 3.34. The van der Waals surface area contributed by atoms with Crippen LogP contribution in [0.5, 0.6) is 0 Å². The molecule has 1 aromatic heterocycles. The topological polar surface area (TPSA) is 29.5 Å². The highest BCUT2D eigenvalue weighted by atomic mass is 35.5. The van der Waals surface area contributed by atoms with Gasteiger partial charge < -0.3 is 0 Å². The number of hydroxylamine groups is 2. The lowest BCUT2D eigenvalue weighted by molar-refractivity contribution is -0.0753. The summed E-state index contributed by atoms with van der Waals surface area (Å²) in [6.07, 6.45) is 0. The summed E-state index contributed by atoms with van der Waals surface area (Å²) in [5.74, 6) is -0.217. The zero-order chi connectivity index (χ0) is 10.0. The van der Waals surface area contributed by atoms with Crippen molar-refractivity contribution >= 4 is 28.8 Å². The molecule has 0 atom stereocenters. The van der Waals surface area contributed by atoms with Crippen molar-refractivity contribution in [2.24, 2.45) is 0 Å². The molecule has 0 aliphatic carbocycles. The molecule has 0 spiro atoms. The van der Waals surface area contributed by atoms with Gasteiger partial charge in [-0.05, 0) is 17.9 Å². The molecule has 0 saturated heterocycles. The van der Waals surface area contributed by atoms with E-state index in [2.05, 4.69) is 0 Å². The van der Waals surface area contributed by atoms with E-state index in [1.165, 1.54) is 18.4 Å². The van der Waals surface area contributed by atoms with Gasteiger partial charge in [-0.15, -0.1) is 11.3 Å². The quantitative estimate of drug-likeness (QED) is 0.715. The fourth-order valence-electron chi connectivity index (χ4n) is 0.800. The molecule has 0 unspecified atom stereocenters.